The van der Waals surface area contributed by atoms with Crippen LogP contribution in [-0.4, -0.2) is 37.1 Å². The molecule has 1 saturated heterocycles. The van der Waals surface area contributed by atoms with E-state index in [4.69, 9.17) is 23.8 Å². The number of benzene rings is 1. The predicted octanol–water partition coefficient (Wildman–Crippen LogP) is 5.37. The van der Waals surface area contributed by atoms with Crippen LogP contribution in [0.5, 0.6) is 5.88 Å². The fraction of sp³-hybridized carbons (Fsp3) is 0.346. The molecule has 2 aromatic rings. The molecule has 4 rings (SSSR count). The zero-order valence-corrected chi connectivity index (χ0v) is 22.0. The van der Waals surface area contributed by atoms with E-state index in [1.165, 1.54) is 16.4 Å². The molecule has 1 saturated carbocycles. The van der Waals surface area contributed by atoms with Crippen LogP contribution in [0.2, 0.25) is 5.02 Å². The maximum absolute atomic E-state index is 13.3. The number of thiocarbonyl (C=S) groups is 1. The standard InChI is InChI=1S/C26H24ClN3O4S2/c1-15-19(14-28)23(32)30(18-5-3-2-4-6-18)25(34)22(15)20(31)11-12-29-24(33)21(36-26(29)35)13-16-7-9-17(27)10-8-16/h7-10,13,18,34H,2-6,11-12H2,1H3/b21-13-. The normalized spacial score (nSPS) is 17.6. The first-order valence-corrected chi connectivity index (χ1v) is 13.3. The van der Waals surface area contributed by atoms with E-state index in [1.807, 2.05) is 6.07 Å². The van der Waals surface area contributed by atoms with Gasteiger partial charge in [-0.15, -0.1) is 0 Å². The van der Waals surface area contributed by atoms with Gasteiger partial charge in [0.2, 0.25) is 5.88 Å². The number of thioether (sulfide) groups is 1. The van der Waals surface area contributed by atoms with Crippen LogP contribution >= 0.6 is 35.6 Å². The number of carbonyl (C=O) groups excluding carboxylic acids is 2. The van der Waals surface area contributed by atoms with Crippen molar-refractivity contribution >= 4 is 57.7 Å². The third-order valence-corrected chi connectivity index (χ3v) is 8.20. The van der Waals surface area contributed by atoms with Gasteiger partial charge in [0.15, 0.2) is 5.78 Å². The van der Waals surface area contributed by atoms with Crippen LogP contribution in [-0.2, 0) is 4.79 Å². The van der Waals surface area contributed by atoms with Gasteiger partial charge < -0.3 is 5.11 Å². The molecule has 2 fully saturated rings. The number of amides is 1. The number of Topliss-reactive ketones (excluding diaryl/α,β-unsaturated/α-hetero) is 1. The lowest BCUT2D eigenvalue weighted by Crippen LogP contribution is -2.32. The van der Waals surface area contributed by atoms with Gasteiger partial charge >= 0.3 is 0 Å². The maximum atomic E-state index is 13.3. The van der Waals surface area contributed by atoms with Crippen molar-refractivity contribution in [2.75, 3.05) is 6.54 Å². The van der Waals surface area contributed by atoms with Gasteiger partial charge in [0.25, 0.3) is 11.5 Å². The number of hydrogen-bond donors (Lipinski definition) is 1. The van der Waals surface area contributed by atoms with Crippen LogP contribution < -0.4 is 5.56 Å². The smallest absolute Gasteiger partial charge is 0.271 e. The molecule has 1 N–H and O–H groups in total. The molecule has 0 unspecified atom stereocenters. The van der Waals surface area contributed by atoms with Crippen molar-refractivity contribution in [1.29, 1.82) is 5.26 Å². The number of nitrogens with zero attached hydrogens (tertiary/aromatic N) is 3. The molecule has 0 atom stereocenters. The molecule has 2 heterocycles. The number of nitriles is 1. The van der Waals surface area contributed by atoms with E-state index in [2.05, 4.69) is 0 Å². The Balaban J connectivity index is 1.57. The Kier molecular flexibility index (Phi) is 7.98. The van der Waals surface area contributed by atoms with Gasteiger partial charge in [0.1, 0.15) is 16.0 Å². The van der Waals surface area contributed by atoms with Crippen molar-refractivity contribution in [3.05, 3.63) is 66.8 Å². The Morgan fingerprint density at radius 3 is 2.56 bits per heavy atom. The zero-order valence-electron chi connectivity index (χ0n) is 19.6. The fourth-order valence-electron chi connectivity index (χ4n) is 4.68. The summed E-state index contributed by atoms with van der Waals surface area (Å²) in [5.41, 5.74) is 0.202. The Hall–Kier alpha value is -2.93. The Labute approximate surface area is 223 Å². The molecule has 0 radical (unpaired) electrons. The quantitative estimate of drug-likeness (QED) is 0.298. The summed E-state index contributed by atoms with van der Waals surface area (Å²) in [6, 6.07) is 8.69. The largest absolute Gasteiger partial charge is 0.494 e. The first kappa shape index (κ1) is 26.1. The van der Waals surface area contributed by atoms with Crippen molar-refractivity contribution in [3.63, 3.8) is 0 Å². The zero-order chi connectivity index (χ0) is 26.0. The van der Waals surface area contributed by atoms with Gasteiger partial charge in [-0.1, -0.05) is 67.0 Å². The predicted molar refractivity (Wildman–Crippen MR) is 144 cm³/mol. The van der Waals surface area contributed by atoms with Gasteiger partial charge in [-0.2, -0.15) is 5.26 Å². The molecule has 1 aliphatic heterocycles. The molecular weight excluding hydrogens is 518 g/mol. The van der Waals surface area contributed by atoms with Gasteiger partial charge in [-0.3, -0.25) is 23.9 Å². The Morgan fingerprint density at radius 2 is 1.92 bits per heavy atom. The monoisotopic (exact) mass is 541 g/mol. The lowest BCUT2D eigenvalue weighted by molar-refractivity contribution is -0.122. The summed E-state index contributed by atoms with van der Waals surface area (Å²) in [5.74, 6) is -1.17. The van der Waals surface area contributed by atoms with Gasteiger partial charge in [-0.05, 0) is 49.1 Å². The lowest BCUT2D eigenvalue weighted by atomic mass is 9.93. The molecule has 0 spiro atoms. The Morgan fingerprint density at radius 1 is 1.25 bits per heavy atom. The van der Waals surface area contributed by atoms with Crippen LogP contribution in [0.15, 0.2) is 34.0 Å². The molecule has 1 aromatic heterocycles. The SMILES string of the molecule is Cc1c(C(=O)CCN2C(=O)/C(=C/c3ccc(Cl)cc3)SC2=S)c(O)n(C2CCCCC2)c(=O)c1C#N. The van der Waals surface area contributed by atoms with Crippen molar-refractivity contribution in [1.82, 2.24) is 9.47 Å². The summed E-state index contributed by atoms with van der Waals surface area (Å²) in [4.78, 5) is 41.0. The summed E-state index contributed by atoms with van der Waals surface area (Å²) in [6.45, 7) is 1.51. The third kappa shape index (κ3) is 5.12. The number of aromatic nitrogens is 1. The van der Waals surface area contributed by atoms with Crippen LogP contribution in [0.25, 0.3) is 6.08 Å². The summed E-state index contributed by atoms with van der Waals surface area (Å²) >= 11 is 12.4. The van der Waals surface area contributed by atoms with Crippen LogP contribution in [0.1, 0.15) is 71.6 Å². The Bertz CT molecular complexity index is 1370. The number of aromatic hydroxyl groups is 1. The van der Waals surface area contributed by atoms with Gasteiger partial charge in [0.05, 0.1) is 10.5 Å². The molecule has 1 aromatic carbocycles. The highest BCUT2D eigenvalue weighted by Gasteiger charge is 2.33. The summed E-state index contributed by atoms with van der Waals surface area (Å²) in [6.07, 6.45) is 5.86. The average Bonchev–Trinajstić information content (AvgIpc) is 3.12. The van der Waals surface area contributed by atoms with Gasteiger partial charge in [-0.25, -0.2) is 0 Å². The summed E-state index contributed by atoms with van der Waals surface area (Å²) in [5, 5.41) is 21.2. The van der Waals surface area contributed by atoms with Crippen molar-refractivity contribution in [2.45, 2.75) is 51.5 Å². The van der Waals surface area contributed by atoms with Crippen LogP contribution in [0.4, 0.5) is 0 Å². The first-order chi connectivity index (χ1) is 17.2. The van der Waals surface area contributed by atoms with E-state index in [0.717, 1.165) is 36.6 Å². The number of rotatable bonds is 6. The second-order valence-electron chi connectivity index (χ2n) is 8.84. The minimum absolute atomic E-state index is 0.0186. The highest BCUT2D eigenvalue weighted by Crippen LogP contribution is 2.35. The molecular formula is C26H24ClN3O4S2. The lowest BCUT2D eigenvalue weighted by Gasteiger charge is -2.26. The van der Waals surface area contributed by atoms with Gasteiger partial charge in [0, 0.05) is 24.0 Å². The van der Waals surface area contributed by atoms with Crippen molar-refractivity contribution < 1.29 is 14.7 Å². The average molecular weight is 542 g/mol. The van der Waals surface area contributed by atoms with E-state index >= 15 is 0 Å². The number of ketones is 1. The molecule has 1 aliphatic carbocycles. The van der Waals surface area contributed by atoms with E-state index in [1.54, 1.807) is 30.3 Å². The fourth-order valence-corrected chi connectivity index (χ4v) is 6.11. The number of hydrogen-bond acceptors (Lipinski definition) is 7. The molecule has 1 amide bonds. The number of halogens is 1. The molecule has 10 heteroatoms. The van der Waals surface area contributed by atoms with Crippen LogP contribution in [0, 0.1) is 18.3 Å². The maximum Gasteiger partial charge on any atom is 0.271 e. The van der Waals surface area contributed by atoms with Crippen molar-refractivity contribution in [3.8, 4) is 11.9 Å². The highest BCUT2D eigenvalue weighted by atomic mass is 35.5. The third-order valence-electron chi connectivity index (χ3n) is 6.57. The molecule has 0 bridgehead atoms. The molecule has 7 nitrogen and oxygen atoms in total. The topological polar surface area (TPSA) is 103 Å². The first-order valence-electron chi connectivity index (χ1n) is 11.6. The second kappa shape index (κ2) is 11.0. The molecule has 2 aliphatic rings. The minimum Gasteiger partial charge on any atom is -0.494 e. The van der Waals surface area contributed by atoms with E-state index < -0.39 is 17.2 Å². The van der Waals surface area contributed by atoms with Crippen LogP contribution in [0.3, 0.4) is 0 Å². The second-order valence-corrected chi connectivity index (χ2v) is 10.9. The summed E-state index contributed by atoms with van der Waals surface area (Å²) < 4.78 is 1.55. The molecule has 36 heavy (non-hydrogen) atoms. The van der Waals surface area contributed by atoms with Crippen molar-refractivity contribution in [2.24, 2.45) is 0 Å². The minimum atomic E-state index is -0.569. The van der Waals surface area contributed by atoms with E-state index in [0.29, 0.717) is 27.1 Å². The van der Waals surface area contributed by atoms with E-state index in [-0.39, 0.29) is 41.6 Å². The highest BCUT2D eigenvalue weighted by molar-refractivity contribution is 8.26. The van der Waals surface area contributed by atoms with E-state index in [9.17, 15) is 24.8 Å². The molecule has 186 valence electrons. The number of pyridine rings is 1. The number of carbonyl (C=O) groups is 2. The summed E-state index contributed by atoms with van der Waals surface area (Å²) in [7, 11) is 0.